The molecule has 0 aliphatic rings. The lowest BCUT2D eigenvalue weighted by atomic mass is 10.1. The van der Waals surface area contributed by atoms with Crippen LogP contribution in [0.2, 0.25) is 0 Å². The number of likely N-dealkylation sites (N-methyl/N-ethyl adjacent to an activating group) is 1. The van der Waals surface area contributed by atoms with Crippen molar-refractivity contribution in [2.24, 2.45) is 5.73 Å². The lowest BCUT2D eigenvalue weighted by Gasteiger charge is -2.06. The molecule has 1 aromatic heterocycles. The molecule has 0 aliphatic carbocycles. The van der Waals surface area contributed by atoms with Crippen LogP contribution in [-0.4, -0.2) is 41.7 Å². The SMILES string of the molecule is CCCC(N)Cc1nc(CCN(C)C)no1. The van der Waals surface area contributed by atoms with Gasteiger partial charge in [0.1, 0.15) is 0 Å². The van der Waals surface area contributed by atoms with E-state index >= 15 is 0 Å². The molecule has 1 unspecified atom stereocenters. The van der Waals surface area contributed by atoms with Crippen molar-refractivity contribution in [3.05, 3.63) is 11.7 Å². The van der Waals surface area contributed by atoms with Crippen LogP contribution in [0.4, 0.5) is 0 Å². The summed E-state index contributed by atoms with van der Waals surface area (Å²) in [6.45, 7) is 3.05. The zero-order chi connectivity index (χ0) is 12.0. The zero-order valence-electron chi connectivity index (χ0n) is 10.4. The van der Waals surface area contributed by atoms with E-state index in [1.807, 2.05) is 14.1 Å². The molecule has 0 radical (unpaired) electrons. The Balaban J connectivity index is 2.39. The summed E-state index contributed by atoms with van der Waals surface area (Å²) in [7, 11) is 4.05. The van der Waals surface area contributed by atoms with Crippen LogP contribution >= 0.6 is 0 Å². The third-order valence-electron chi connectivity index (χ3n) is 2.39. The molecule has 1 heterocycles. The van der Waals surface area contributed by atoms with Crippen LogP contribution < -0.4 is 5.73 Å². The van der Waals surface area contributed by atoms with Gasteiger partial charge in [0.15, 0.2) is 5.82 Å². The van der Waals surface area contributed by atoms with E-state index in [0.29, 0.717) is 12.3 Å². The third-order valence-corrected chi connectivity index (χ3v) is 2.39. The van der Waals surface area contributed by atoms with Crippen molar-refractivity contribution in [3.63, 3.8) is 0 Å². The lowest BCUT2D eigenvalue weighted by molar-refractivity contribution is 0.356. The van der Waals surface area contributed by atoms with Crippen LogP contribution in [0, 0.1) is 0 Å². The first-order valence-corrected chi connectivity index (χ1v) is 5.83. The smallest absolute Gasteiger partial charge is 0.228 e. The maximum atomic E-state index is 5.91. The van der Waals surface area contributed by atoms with Gasteiger partial charge < -0.3 is 15.2 Å². The monoisotopic (exact) mass is 226 g/mol. The summed E-state index contributed by atoms with van der Waals surface area (Å²) < 4.78 is 5.15. The highest BCUT2D eigenvalue weighted by molar-refractivity contribution is 4.89. The zero-order valence-corrected chi connectivity index (χ0v) is 10.4. The molecule has 1 rings (SSSR count). The topological polar surface area (TPSA) is 68.2 Å². The minimum absolute atomic E-state index is 0.132. The van der Waals surface area contributed by atoms with Gasteiger partial charge in [0, 0.05) is 25.4 Å². The van der Waals surface area contributed by atoms with Gasteiger partial charge in [-0.1, -0.05) is 18.5 Å². The van der Waals surface area contributed by atoms with Gasteiger partial charge in [-0.05, 0) is 20.5 Å². The van der Waals surface area contributed by atoms with Gasteiger partial charge in [0.25, 0.3) is 0 Å². The first-order chi connectivity index (χ1) is 7.61. The Labute approximate surface area is 97.0 Å². The molecule has 0 saturated carbocycles. The van der Waals surface area contributed by atoms with E-state index in [9.17, 15) is 0 Å². The van der Waals surface area contributed by atoms with Crippen LogP contribution in [-0.2, 0) is 12.8 Å². The van der Waals surface area contributed by atoms with Crippen molar-refractivity contribution < 1.29 is 4.52 Å². The van der Waals surface area contributed by atoms with Crippen LogP contribution in [0.25, 0.3) is 0 Å². The maximum Gasteiger partial charge on any atom is 0.228 e. The summed E-state index contributed by atoms with van der Waals surface area (Å²) in [5.74, 6) is 1.43. The Hall–Kier alpha value is -0.940. The summed E-state index contributed by atoms with van der Waals surface area (Å²) in [5, 5.41) is 3.93. The van der Waals surface area contributed by atoms with Crippen molar-refractivity contribution in [1.82, 2.24) is 15.0 Å². The van der Waals surface area contributed by atoms with E-state index in [-0.39, 0.29) is 6.04 Å². The number of rotatable bonds is 7. The minimum atomic E-state index is 0.132. The molecule has 0 aromatic carbocycles. The minimum Gasteiger partial charge on any atom is -0.339 e. The molecular formula is C11H22N4O. The number of aromatic nitrogens is 2. The van der Waals surface area contributed by atoms with Gasteiger partial charge in [-0.3, -0.25) is 0 Å². The second-order valence-electron chi connectivity index (χ2n) is 4.41. The van der Waals surface area contributed by atoms with Crippen LogP contribution in [0.5, 0.6) is 0 Å². The Bertz CT molecular complexity index is 298. The van der Waals surface area contributed by atoms with E-state index < -0.39 is 0 Å². The van der Waals surface area contributed by atoms with Crippen molar-refractivity contribution >= 4 is 0 Å². The van der Waals surface area contributed by atoms with Crippen molar-refractivity contribution in [2.45, 2.75) is 38.6 Å². The van der Waals surface area contributed by atoms with Crippen molar-refractivity contribution in [1.29, 1.82) is 0 Å². The van der Waals surface area contributed by atoms with E-state index in [1.54, 1.807) is 0 Å². The fourth-order valence-electron chi connectivity index (χ4n) is 1.50. The summed E-state index contributed by atoms with van der Waals surface area (Å²) in [5.41, 5.74) is 5.91. The molecule has 5 nitrogen and oxygen atoms in total. The summed E-state index contributed by atoms with van der Waals surface area (Å²) >= 11 is 0. The molecule has 16 heavy (non-hydrogen) atoms. The Kier molecular flexibility index (Phi) is 5.42. The lowest BCUT2D eigenvalue weighted by Crippen LogP contribution is -2.22. The van der Waals surface area contributed by atoms with Gasteiger partial charge in [0.2, 0.25) is 5.89 Å². The van der Waals surface area contributed by atoms with E-state index in [0.717, 1.165) is 31.6 Å². The van der Waals surface area contributed by atoms with Gasteiger partial charge in [-0.2, -0.15) is 4.98 Å². The fraction of sp³-hybridized carbons (Fsp3) is 0.818. The predicted molar refractivity (Wildman–Crippen MR) is 63.1 cm³/mol. The molecule has 0 spiro atoms. The Morgan fingerprint density at radius 1 is 1.44 bits per heavy atom. The average molecular weight is 226 g/mol. The molecule has 0 bridgehead atoms. The van der Waals surface area contributed by atoms with E-state index in [2.05, 4.69) is 22.0 Å². The molecule has 1 aromatic rings. The van der Waals surface area contributed by atoms with Crippen LogP contribution in [0.3, 0.4) is 0 Å². The molecule has 0 fully saturated rings. The second-order valence-corrected chi connectivity index (χ2v) is 4.41. The van der Waals surface area contributed by atoms with Crippen LogP contribution in [0.1, 0.15) is 31.5 Å². The first kappa shape index (κ1) is 13.1. The number of hydrogen-bond donors (Lipinski definition) is 1. The molecule has 2 N–H and O–H groups in total. The average Bonchev–Trinajstić information content (AvgIpc) is 2.63. The Morgan fingerprint density at radius 2 is 2.19 bits per heavy atom. The fourth-order valence-corrected chi connectivity index (χ4v) is 1.50. The molecule has 92 valence electrons. The van der Waals surface area contributed by atoms with E-state index in [1.165, 1.54) is 0 Å². The quantitative estimate of drug-likeness (QED) is 0.746. The highest BCUT2D eigenvalue weighted by Crippen LogP contribution is 2.04. The van der Waals surface area contributed by atoms with Gasteiger partial charge in [-0.15, -0.1) is 0 Å². The highest BCUT2D eigenvalue weighted by atomic mass is 16.5. The van der Waals surface area contributed by atoms with Crippen LogP contribution in [0.15, 0.2) is 4.52 Å². The van der Waals surface area contributed by atoms with Crippen molar-refractivity contribution in [2.75, 3.05) is 20.6 Å². The number of nitrogens with two attached hydrogens (primary N) is 1. The molecule has 0 amide bonds. The molecule has 0 aliphatic heterocycles. The summed E-state index contributed by atoms with van der Waals surface area (Å²) in [6, 6.07) is 0.132. The predicted octanol–water partition coefficient (Wildman–Crippen LogP) is 0.844. The molecule has 1 atom stereocenters. The van der Waals surface area contributed by atoms with Gasteiger partial charge in [0.05, 0.1) is 0 Å². The summed E-state index contributed by atoms with van der Waals surface area (Å²) in [6.07, 6.45) is 3.58. The maximum absolute atomic E-state index is 5.91. The normalized spacial score (nSPS) is 13.3. The molecule has 0 saturated heterocycles. The van der Waals surface area contributed by atoms with E-state index in [4.69, 9.17) is 10.3 Å². The molecule has 5 heteroatoms. The summed E-state index contributed by atoms with van der Waals surface area (Å²) in [4.78, 5) is 6.42. The second kappa shape index (κ2) is 6.60. The van der Waals surface area contributed by atoms with Crippen molar-refractivity contribution in [3.8, 4) is 0 Å². The highest BCUT2D eigenvalue weighted by Gasteiger charge is 2.10. The third kappa shape index (κ3) is 4.72. The number of nitrogens with zero attached hydrogens (tertiary/aromatic N) is 3. The first-order valence-electron chi connectivity index (χ1n) is 5.83. The largest absolute Gasteiger partial charge is 0.339 e. The van der Waals surface area contributed by atoms with Gasteiger partial charge >= 0.3 is 0 Å². The Morgan fingerprint density at radius 3 is 2.81 bits per heavy atom. The number of hydrogen-bond acceptors (Lipinski definition) is 5. The standard InChI is InChI=1S/C11H22N4O/c1-4-5-9(12)8-11-13-10(14-16-11)6-7-15(2)3/h9H,4-8,12H2,1-3H3. The van der Waals surface area contributed by atoms with Gasteiger partial charge in [-0.25, -0.2) is 0 Å². The molecular weight excluding hydrogens is 204 g/mol.